The van der Waals surface area contributed by atoms with Gasteiger partial charge >= 0.3 is 0 Å². The summed E-state index contributed by atoms with van der Waals surface area (Å²) in [6, 6.07) is 0.279. The van der Waals surface area contributed by atoms with Crippen LogP contribution in [0.25, 0.3) is 0 Å². The third-order valence-corrected chi connectivity index (χ3v) is 3.91. The molecule has 0 bridgehead atoms. The molecule has 16 heavy (non-hydrogen) atoms. The van der Waals surface area contributed by atoms with Crippen LogP contribution in [0.2, 0.25) is 0 Å². The molecular formula is C12H24N2O2. The fourth-order valence-electron chi connectivity index (χ4n) is 2.67. The summed E-state index contributed by atoms with van der Waals surface area (Å²) >= 11 is 0. The van der Waals surface area contributed by atoms with Crippen LogP contribution in [0.4, 0.5) is 0 Å². The molecule has 0 amide bonds. The second kappa shape index (κ2) is 5.96. The van der Waals surface area contributed by atoms with Crippen LogP contribution in [-0.4, -0.2) is 57.0 Å². The van der Waals surface area contributed by atoms with E-state index >= 15 is 0 Å². The van der Waals surface area contributed by atoms with Gasteiger partial charge < -0.3 is 20.1 Å². The van der Waals surface area contributed by atoms with Crippen molar-refractivity contribution >= 4 is 0 Å². The van der Waals surface area contributed by atoms with Gasteiger partial charge in [-0.15, -0.1) is 0 Å². The maximum atomic E-state index is 6.22. The average Bonchev–Trinajstić information content (AvgIpc) is 2.83. The van der Waals surface area contributed by atoms with E-state index in [1.165, 1.54) is 0 Å². The third kappa shape index (κ3) is 3.17. The second-order valence-electron chi connectivity index (χ2n) is 5.02. The fourth-order valence-corrected chi connectivity index (χ4v) is 2.67. The number of likely N-dealkylation sites (tertiary alicyclic amines) is 1. The Balaban J connectivity index is 1.69. The van der Waals surface area contributed by atoms with E-state index in [0.29, 0.717) is 12.0 Å². The molecule has 94 valence electrons. The van der Waals surface area contributed by atoms with Crippen LogP contribution in [0, 0.1) is 5.92 Å². The summed E-state index contributed by atoms with van der Waals surface area (Å²) in [6.45, 7) is 5.02. The first kappa shape index (κ1) is 12.3. The molecule has 2 aliphatic rings. The van der Waals surface area contributed by atoms with Crippen molar-refractivity contribution in [2.75, 3.05) is 40.0 Å². The molecule has 2 rings (SSSR count). The first-order chi connectivity index (χ1) is 7.79. The van der Waals surface area contributed by atoms with Gasteiger partial charge in [0.05, 0.1) is 12.7 Å². The van der Waals surface area contributed by atoms with Crippen LogP contribution in [0.1, 0.15) is 19.3 Å². The monoisotopic (exact) mass is 228 g/mol. The van der Waals surface area contributed by atoms with Crippen molar-refractivity contribution in [3.63, 3.8) is 0 Å². The van der Waals surface area contributed by atoms with E-state index in [4.69, 9.17) is 15.2 Å². The zero-order valence-corrected chi connectivity index (χ0v) is 10.2. The lowest BCUT2D eigenvalue weighted by molar-refractivity contribution is 0.0374. The third-order valence-electron chi connectivity index (χ3n) is 3.91. The first-order valence-corrected chi connectivity index (χ1v) is 6.38. The summed E-state index contributed by atoms with van der Waals surface area (Å²) in [5.74, 6) is 0.570. The van der Waals surface area contributed by atoms with Gasteiger partial charge in [-0.3, -0.25) is 0 Å². The standard InChI is InChI=1S/C12H24N2O2/c1-15-11-2-5-14(6-3-11)8-12(13)10-4-7-16-9-10/h10-12H,2-9,13H2,1H3. The molecule has 0 radical (unpaired) electrons. The second-order valence-corrected chi connectivity index (χ2v) is 5.02. The Hall–Kier alpha value is -0.160. The topological polar surface area (TPSA) is 47.7 Å². The maximum absolute atomic E-state index is 6.22. The van der Waals surface area contributed by atoms with Crippen LogP contribution in [0.5, 0.6) is 0 Å². The number of ether oxygens (including phenoxy) is 2. The van der Waals surface area contributed by atoms with Crippen LogP contribution >= 0.6 is 0 Å². The van der Waals surface area contributed by atoms with Gasteiger partial charge in [0, 0.05) is 45.3 Å². The summed E-state index contributed by atoms with van der Waals surface area (Å²) in [5.41, 5.74) is 6.22. The largest absolute Gasteiger partial charge is 0.381 e. The van der Waals surface area contributed by atoms with Crippen molar-refractivity contribution in [1.29, 1.82) is 0 Å². The fraction of sp³-hybridized carbons (Fsp3) is 1.00. The highest BCUT2D eigenvalue weighted by atomic mass is 16.5. The van der Waals surface area contributed by atoms with Crippen LogP contribution < -0.4 is 5.73 Å². The summed E-state index contributed by atoms with van der Waals surface area (Å²) in [4.78, 5) is 2.47. The van der Waals surface area contributed by atoms with E-state index in [2.05, 4.69) is 4.90 Å². The van der Waals surface area contributed by atoms with Crippen molar-refractivity contribution in [3.05, 3.63) is 0 Å². The minimum absolute atomic E-state index is 0.279. The van der Waals surface area contributed by atoms with Gasteiger partial charge in [0.15, 0.2) is 0 Å². The minimum Gasteiger partial charge on any atom is -0.381 e. The molecule has 0 aromatic heterocycles. The van der Waals surface area contributed by atoms with E-state index < -0.39 is 0 Å². The van der Waals surface area contributed by atoms with Gasteiger partial charge in [-0.05, 0) is 19.3 Å². The molecule has 2 aliphatic heterocycles. The molecule has 0 spiro atoms. The van der Waals surface area contributed by atoms with Crippen molar-refractivity contribution in [3.8, 4) is 0 Å². The SMILES string of the molecule is COC1CCN(CC(N)C2CCOC2)CC1. The Labute approximate surface area is 98.1 Å². The molecule has 0 aliphatic carbocycles. The van der Waals surface area contributed by atoms with E-state index in [1.54, 1.807) is 0 Å². The van der Waals surface area contributed by atoms with Gasteiger partial charge in [0.1, 0.15) is 0 Å². The number of hydrogen-bond acceptors (Lipinski definition) is 4. The summed E-state index contributed by atoms with van der Waals surface area (Å²) in [6.07, 6.45) is 3.88. The predicted octanol–water partition coefficient (Wildman–Crippen LogP) is 0.461. The van der Waals surface area contributed by atoms with E-state index in [9.17, 15) is 0 Å². The molecule has 2 atom stereocenters. The quantitative estimate of drug-likeness (QED) is 0.759. The number of methoxy groups -OCH3 is 1. The van der Waals surface area contributed by atoms with Crippen molar-refractivity contribution < 1.29 is 9.47 Å². The smallest absolute Gasteiger partial charge is 0.0595 e. The first-order valence-electron chi connectivity index (χ1n) is 6.38. The predicted molar refractivity (Wildman–Crippen MR) is 63.4 cm³/mol. The summed E-state index contributed by atoms with van der Waals surface area (Å²) < 4.78 is 10.7. The molecule has 2 unspecified atom stereocenters. The average molecular weight is 228 g/mol. The molecule has 2 heterocycles. The molecule has 0 saturated carbocycles. The molecular weight excluding hydrogens is 204 g/mol. The Bertz CT molecular complexity index is 199. The highest BCUT2D eigenvalue weighted by Gasteiger charge is 2.26. The Morgan fingerprint density at radius 3 is 2.69 bits per heavy atom. The van der Waals surface area contributed by atoms with Crippen LogP contribution in [0.15, 0.2) is 0 Å². The number of hydrogen-bond donors (Lipinski definition) is 1. The van der Waals surface area contributed by atoms with E-state index in [0.717, 1.165) is 52.1 Å². The van der Waals surface area contributed by atoms with Gasteiger partial charge in [-0.1, -0.05) is 0 Å². The van der Waals surface area contributed by atoms with Gasteiger partial charge in [0.2, 0.25) is 0 Å². The number of piperidine rings is 1. The van der Waals surface area contributed by atoms with Gasteiger partial charge in [-0.25, -0.2) is 0 Å². The number of rotatable bonds is 4. The summed E-state index contributed by atoms with van der Waals surface area (Å²) in [5, 5.41) is 0. The van der Waals surface area contributed by atoms with Crippen molar-refractivity contribution in [2.45, 2.75) is 31.4 Å². The zero-order valence-electron chi connectivity index (χ0n) is 10.2. The Morgan fingerprint density at radius 2 is 2.12 bits per heavy atom. The number of nitrogens with zero attached hydrogens (tertiary/aromatic N) is 1. The van der Waals surface area contributed by atoms with Gasteiger partial charge in [-0.2, -0.15) is 0 Å². The lowest BCUT2D eigenvalue weighted by atomic mass is 9.98. The van der Waals surface area contributed by atoms with Crippen molar-refractivity contribution in [2.24, 2.45) is 11.7 Å². The van der Waals surface area contributed by atoms with Gasteiger partial charge in [0.25, 0.3) is 0 Å². The van der Waals surface area contributed by atoms with Crippen LogP contribution in [-0.2, 0) is 9.47 Å². The molecule has 4 heteroatoms. The van der Waals surface area contributed by atoms with Crippen LogP contribution in [0.3, 0.4) is 0 Å². The molecule has 2 fully saturated rings. The minimum atomic E-state index is 0.279. The zero-order chi connectivity index (χ0) is 11.4. The summed E-state index contributed by atoms with van der Waals surface area (Å²) in [7, 11) is 1.81. The van der Waals surface area contributed by atoms with Crippen molar-refractivity contribution in [1.82, 2.24) is 4.90 Å². The Morgan fingerprint density at radius 1 is 1.38 bits per heavy atom. The molecule has 0 aromatic rings. The Kier molecular flexibility index (Phi) is 4.58. The lowest BCUT2D eigenvalue weighted by Crippen LogP contribution is -2.46. The normalized spacial score (nSPS) is 30.8. The lowest BCUT2D eigenvalue weighted by Gasteiger charge is -2.33. The molecule has 2 N–H and O–H groups in total. The molecule has 4 nitrogen and oxygen atoms in total. The highest BCUT2D eigenvalue weighted by Crippen LogP contribution is 2.18. The maximum Gasteiger partial charge on any atom is 0.0595 e. The molecule has 0 aromatic carbocycles. The van der Waals surface area contributed by atoms with E-state index in [1.807, 2.05) is 7.11 Å². The van der Waals surface area contributed by atoms with E-state index in [-0.39, 0.29) is 6.04 Å². The number of nitrogens with two attached hydrogens (primary N) is 1. The highest BCUT2D eigenvalue weighted by molar-refractivity contribution is 4.81. The molecule has 2 saturated heterocycles.